The lowest BCUT2D eigenvalue weighted by molar-refractivity contribution is 0.551. The number of hydrogen-bond donors (Lipinski definition) is 1. The molecule has 0 saturated heterocycles. The molecular formula is C10H13N7O. The van der Waals surface area contributed by atoms with Crippen LogP contribution in [0.1, 0.15) is 17.1 Å². The van der Waals surface area contributed by atoms with Gasteiger partial charge in [0.2, 0.25) is 0 Å². The summed E-state index contributed by atoms with van der Waals surface area (Å²) in [5.41, 5.74) is 1.82. The lowest BCUT2D eigenvalue weighted by Crippen LogP contribution is -2.32. The molecule has 0 amide bonds. The average molecular weight is 247 g/mol. The van der Waals surface area contributed by atoms with Crippen molar-refractivity contribution >= 4 is 0 Å². The second kappa shape index (κ2) is 4.30. The van der Waals surface area contributed by atoms with Crippen molar-refractivity contribution in [2.45, 2.75) is 19.5 Å². The molecule has 0 saturated carbocycles. The van der Waals surface area contributed by atoms with E-state index in [0.717, 1.165) is 24.2 Å². The third kappa shape index (κ3) is 2.02. The summed E-state index contributed by atoms with van der Waals surface area (Å²) in [5, 5.41) is 19.2. The van der Waals surface area contributed by atoms with Crippen LogP contribution < -0.4 is 10.9 Å². The minimum Gasteiger partial charge on any atom is -0.312 e. The Balaban J connectivity index is 1.94. The standard InChI is InChI=1S/C10H13N7O/c1-16-14-9(12-15-16)6-17-10(18)4-7-5-11-3-2-8(7)13-17/h4,11H,2-3,5-6H2,1H3. The highest BCUT2D eigenvalue weighted by Crippen LogP contribution is 2.07. The summed E-state index contributed by atoms with van der Waals surface area (Å²) >= 11 is 0. The van der Waals surface area contributed by atoms with Gasteiger partial charge in [-0.3, -0.25) is 4.79 Å². The number of nitrogens with one attached hydrogen (secondary N) is 1. The van der Waals surface area contributed by atoms with E-state index in [9.17, 15) is 4.79 Å². The zero-order valence-electron chi connectivity index (χ0n) is 10.00. The van der Waals surface area contributed by atoms with Crippen molar-refractivity contribution in [1.29, 1.82) is 0 Å². The van der Waals surface area contributed by atoms with Gasteiger partial charge in [0.05, 0.1) is 12.7 Å². The number of aryl methyl sites for hydroxylation is 1. The molecule has 1 aliphatic heterocycles. The van der Waals surface area contributed by atoms with Crippen molar-refractivity contribution < 1.29 is 0 Å². The Bertz CT molecular complexity index is 629. The van der Waals surface area contributed by atoms with Crippen molar-refractivity contribution in [3.05, 3.63) is 33.5 Å². The van der Waals surface area contributed by atoms with Crippen LogP contribution in [0.3, 0.4) is 0 Å². The van der Waals surface area contributed by atoms with E-state index in [1.807, 2.05) is 0 Å². The van der Waals surface area contributed by atoms with E-state index >= 15 is 0 Å². The molecule has 0 aliphatic carbocycles. The molecule has 3 rings (SSSR count). The molecule has 1 aliphatic rings. The minimum atomic E-state index is -0.134. The van der Waals surface area contributed by atoms with Crippen LogP contribution in [0.4, 0.5) is 0 Å². The van der Waals surface area contributed by atoms with Gasteiger partial charge in [-0.2, -0.15) is 9.90 Å². The van der Waals surface area contributed by atoms with E-state index in [-0.39, 0.29) is 12.1 Å². The first-order valence-corrected chi connectivity index (χ1v) is 5.76. The summed E-state index contributed by atoms with van der Waals surface area (Å²) in [6.45, 7) is 1.86. The Kier molecular flexibility index (Phi) is 2.63. The summed E-state index contributed by atoms with van der Waals surface area (Å²) < 4.78 is 1.39. The topological polar surface area (TPSA) is 90.5 Å². The van der Waals surface area contributed by atoms with Gasteiger partial charge >= 0.3 is 0 Å². The first kappa shape index (κ1) is 11.0. The van der Waals surface area contributed by atoms with Crippen molar-refractivity contribution in [3.63, 3.8) is 0 Å². The van der Waals surface area contributed by atoms with Crippen LogP contribution in [0.5, 0.6) is 0 Å². The second-order valence-electron chi connectivity index (χ2n) is 4.23. The molecule has 2 aromatic rings. The predicted octanol–water partition coefficient (Wildman–Crippen LogP) is -1.54. The van der Waals surface area contributed by atoms with E-state index in [1.54, 1.807) is 13.1 Å². The highest BCUT2D eigenvalue weighted by Gasteiger charge is 2.13. The summed E-state index contributed by atoms with van der Waals surface area (Å²) in [7, 11) is 1.69. The van der Waals surface area contributed by atoms with Gasteiger partial charge in [0.15, 0.2) is 5.82 Å². The zero-order chi connectivity index (χ0) is 12.5. The van der Waals surface area contributed by atoms with Gasteiger partial charge in [0, 0.05) is 25.6 Å². The molecule has 94 valence electrons. The first-order chi connectivity index (χ1) is 8.72. The Morgan fingerprint density at radius 2 is 2.33 bits per heavy atom. The van der Waals surface area contributed by atoms with Crippen LogP contribution in [0.25, 0.3) is 0 Å². The fourth-order valence-corrected chi connectivity index (χ4v) is 1.99. The number of hydrogen-bond acceptors (Lipinski definition) is 6. The average Bonchev–Trinajstić information content (AvgIpc) is 2.76. The molecule has 0 aromatic carbocycles. The summed E-state index contributed by atoms with van der Waals surface area (Å²) in [5.74, 6) is 0.487. The van der Waals surface area contributed by atoms with Gasteiger partial charge < -0.3 is 5.32 Å². The van der Waals surface area contributed by atoms with Gasteiger partial charge in [0.25, 0.3) is 5.56 Å². The number of nitrogens with zero attached hydrogens (tertiary/aromatic N) is 6. The third-order valence-corrected chi connectivity index (χ3v) is 2.86. The largest absolute Gasteiger partial charge is 0.312 e. The zero-order valence-corrected chi connectivity index (χ0v) is 10.00. The number of fused-ring (bicyclic) bond motifs is 1. The van der Waals surface area contributed by atoms with Crippen LogP contribution in [0, 0.1) is 0 Å². The lowest BCUT2D eigenvalue weighted by atomic mass is 10.1. The quantitative estimate of drug-likeness (QED) is 0.691. The fraction of sp³-hybridized carbons (Fsp3) is 0.500. The number of rotatable bonds is 2. The van der Waals surface area contributed by atoms with E-state index in [1.165, 1.54) is 9.48 Å². The van der Waals surface area contributed by atoms with Gasteiger partial charge in [-0.05, 0) is 10.8 Å². The summed E-state index contributed by atoms with van der Waals surface area (Å²) in [4.78, 5) is 13.3. The normalized spacial score (nSPS) is 14.5. The molecular weight excluding hydrogens is 234 g/mol. The maximum atomic E-state index is 11.9. The molecule has 2 aromatic heterocycles. The highest BCUT2D eigenvalue weighted by atomic mass is 16.1. The molecule has 8 heteroatoms. The van der Waals surface area contributed by atoms with Gasteiger partial charge in [-0.1, -0.05) is 0 Å². The third-order valence-electron chi connectivity index (χ3n) is 2.86. The van der Waals surface area contributed by atoms with E-state index in [4.69, 9.17) is 0 Å². The molecule has 8 nitrogen and oxygen atoms in total. The van der Waals surface area contributed by atoms with Crippen molar-refractivity contribution in [1.82, 2.24) is 35.3 Å². The monoisotopic (exact) mass is 247 g/mol. The predicted molar refractivity (Wildman–Crippen MR) is 61.8 cm³/mol. The van der Waals surface area contributed by atoms with Crippen LogP contribution in [0.2, 0.25) is 0 Å². The second-order valence-corrected chi connectivity index (χ2v) is 4.23. The Labute approximate surface area is 103 Å². The fourth-order valence-electron chi connectivity index (χ4n) is 1.99. The molecule has 0 radical (unpaired) electrons. The maximum Gasteiger partial charge on any atom is 0.267 e. The van der Waals surface area contributed by atoms with Gasteiger partial charge in [0.1, 0.15) is 6.54 Å². The SMILES string of the molecule is Cn1nnc(Cn2nc3c(cc2=O)CNCC3)n1. The van der Waals surface area contributed by atoms with Crippen LogP contribution in [-0.4, -0.2) is 36.5 Å². The molecule has 3 heterocycles. The van der Waals surface area contributed by atoms with Gasteiger partial charge in [-0.15, -0.1) is 10.2 Å². The molecule has 18 heavy (non-hydrogen) atoms. The molecule has 0 spiro atoms. The number of tetrazole rings is 1. The molecule has 1 N–H and O–H groups in total. The summed E-state index contributed by atoms with van der Waals surface area (Å²) in [6.07, 6.45) is 0.837. The molecule has 0 unspecified atom stereocenters. The highest BCUT2D eigenvalue weighted by molar-refractivity contribution is 5.20. The van der Waals surface area contributed by atoms with Crippen molar-refractivity contribution in [3.8, 4) is 0 Å². The smallest absolute Gasteiger partial charge is 0.267 e. The number of aromatic nitrogens is 6. The Morgan fingerprint density at radius 1 is 1.44 bits per heavy atom. The minimum absolute atomic E-state index is 0.134. The van der Waals surface area contributed by atoms with Crippen LogP contribution >= 0.6 is 0 Å². The van der Waals surface area contributed by atoms with E-state index in [0.29, 0.717) is 12.4 Å². The Hall–Kier alpha value is -2.09. The Morgan fingerprint density at radius 3 is 3.11 bits per heavy atom. The van der Waals surface area contributed by atoms with Gasteiger partial charge in [-0.25, -0.2) is 4.68 Å². The molecule has 0 atom stereocenters. The first-order valence-electron chi connectivity index (χ1n) is 5.76. The van der Waals surface area contributed by atoms with Crippen molar-refractivity contribution in [2.24, 2.45) is 7.05 Å². The van der Waals surface area contributed by atoms with E-state index in [2.05, 4.69) is 25.8 Å². The summed E-state index contributed by atoms with van der Waals surface area (Å²) in [6, 6.07) is 1.63. The maximum absolute atomic E-state index is 11.9. The van der Waals surface area contributed by atoms with Crippen LogP contribution in [0.15, 0.2) is 10.9 Å². The molecule has 0 fully saturated rings. The van der Waals surface area contributed by atoms with E-state index < -0.39 is 0 Å². The van der Waals surface area contributed by atoms with Crippen molar-refractivity contribution in [2.75, 3.05) is 6.54 Å². The molecule has 0 bridgehead atoms. The lowest BCUT2D eigenvalue weighted by Gasteiger charge is -2.16. The van der Waals surface area contributed by atoms with Crippen LogP contribution in [-0.2, 0) is 26.6 Å².